The van der Waals surface area contributed by atoms with E-state index in [0.717, 1.165) is 11.1 Å². The fraction of sp³-hybridized carbons (Fsp3) is 0.200. The topological polar surface area (TPSA) is 63.2 Å². The van der Waals surface area contributed by atoms with Crippen molar-refractivity contribution in [1.29, 1.82) is 0 Å². The van der Waals surface area contributed by atoms with Crippen LogP contribution < -0.4 is 15.4 Å². The minimum absolute atomic E-state index is 0.235. The van der Waals surface area contributed by atoms with Gasteiger partial charge in [0.2, 0.25) is 5.88 Å². The van der Waals surface area contributed by atoms with Gasteiger partial charge >= 0.3 is 6.03 Å². The highest BCUT2D eigenvalue weighted by atomic mass is 35.5. The molecule has 2 aromatic rings. The zero-order chi connectivity index (χ0) is 15.1. The molecule has 5 nitrogen and oxygen atoms in total. The molecule has 0 atom stereocenters. The molecule has 0 radical (unpaired) electrons. The van der Waals surface area contributed by atoms with Crippen molar-refractivity contribution in [2.45, 2.75) is 13.1 Å². The number of carbonyl (C=O) groups excluding carboxylic acids is 1. The summed E-state index contributed by atoms with van der Waals surface area (Å²) < 4.78 is 4.97. The number of nitrogens with one attached hydrogen (secondary N) is 2. The number of methoxy groups -OCH3 is 1. The summed E-state index contributed by atoms with van der Waals surface area (Å²) in [5, 5.41) is 6.21. The highest BCUT2D eigenvalue weighted by Crippen LogP contribution is 2.09. The number of rotatable bonds is 5. The summed E-state index contributed by atoms with van der Waals surface area (Å²) in [6.45, 7) is 0.854. The van der Waals surface area contributed by atoms with Crippen LogP contribution in [0.3, 0.4) is 0 Å². The SMILES string of the molecule is COc1ccc(CNC(=O)NCc2ccc(Cl)cc2)cn1. The number of pyridine rings is 1. The van der Waals surface area contributed by atoms with E-state index in [0.29, 0.717) is 24.0 Å². The summed E-state index contributed by atoms with van der Waals surface area (Å²) in [6.07, 6.45) is 1.66. The number of hydrogen-bond acceptors (Lipinski definition) is 3. The average Bonchev–Trinajstić information content (AvgIpc) is 2.53. The molecule has 0 bridgehead atoms. The maximum absolute atomic E-state index is 11.7. The second-order valence-corrected chi connectivity index (χ2v) is 4.81. The molecule has 1 aromatic carbocycles. The van der Waals surface area contributed by atoms with E-state index in [1.54, 1.807) is 31.5 Å². The maximum Gasteiger partial charge on any atom is 0.315 e. The van der Waals surface area contributed by atoms with Crippen LogP contribution in [-0.2, 0) is 13.1 Å². The molecule has 0 aliphatic carbocycles. The van der Waals surface area contributed by atoms with Gasteiger partial charge in [-0.2, -0.15) is 0 Å². The van der Waals surface area contributed by atoms with Gasteiger partial charge in [0.15, 0.2) is 0 Å². The zero-order valence-corrected chi connectivity index (χ0v) is 12.4. The van der Waals surface area contributed by atoms with Crippen molar-refractivity contribution in [2.24, 2.45) is 0 Å². The maximum atomic E-state index is 11.7. The van der Waals surface area contributed by atoms with Gasteiger partial charge in [0.25, 0.3) is 0 Å². The molecule has 1 heterocycles. The van der Waals surface area contributed by atoms with Crippen molar-refractivity contribution >= 4 is 17.6 Å². The zero-order valence-electron chi connectivity index (χ0n) is 11.6. The normalized spacial score (nSPS) is 10.0. The Morgan fingerprint density at radius 2 is 1.71 bits per heavy atom. The summed E-state index contributed by atoms with van der Waals surface area (Å²) in [6, 6.07) is 10.7. The lowest BCUT2D eigenvalue weighted by atomic mass is 10.2. The summed E-state index contributed by atoms with van der Waals surface area (Å²) in [7, 11) is 1.56. The highest BCUT2D eigenvalue weighted by Gasteiger charge is 2.01. The van der Waals surface area contributed by atoms with Crippen LogP contribution in [0.1, 0.15) is 11.1 Å². The number of amides is 2. The lowest BCUT2D eigenvalue weighted by molar-refractivity contribution is 0.240. The van der Waals surface area contributed by atoms with Crippen molar-refractivity contribution in [2.75, 3.05) is 7.11 Å². The molecule has 2 amide bonds. The van der Waals surface area contributed by atoms with Crippen LogP contribution in [0.25, 0.3) is 0 Å². The van der Waals surface area contributed by atoms with E-state index < -0.39 is 0 Å². The molecule has 0 fully saturated rings. The van der Waals surface area contributed by atoms with Gasteiger partial charge in [-0.05, 0) is 23.3 Å². The largest absolute Gasteiger partial charge is 0.481 e. The van der Waals surface area contributed by atoms with Gasteiger partial charge in [-0.1, -0.05) is 29.8 Å². The molecule has 1 aromatic heterocycles. The molecule has 0 aliphatic rings. The lowest BCUT2D eigenvalue weighted by Gasteiger charge is -2.08. The molecule has 0 saturated carbocycles. The van der Waals surface area contributed by atoms with E-state index in [4.69, 9.17) is 16.3 Å². The second kappa shape index (κ2) is 7.50. The second-order valence-electron chi connectivity index (χ2n) is 4.37. The van der Waals surface area contributed by atoms with Crippen LogP contribution in [-0.4, -0.2) is 18.1 Å². The highest BCUT2D eigenvalue weighted by molar-refractivity contribution is 6.30. The van der Waals surface area contributed by atoms with Gasteiger partial charge in [-0.15, -0.1) is 0 Å². The third-order valence-electron chi connectivity index (χ3n) is 2.83. The van der Waals surface area contributed by atoms with E-state index in [2.05, 4.69) is 15.6 Å². The van der Waals surface area contributed by atoms with E-state index in [-0.39, 0.29) is 6.03 Å². The van der Waals surface area contributed by atoms with Crippen LogP contribution in [0.2, 0.25) is 5.02 Å². The van der Waals surface area contributed by atoms with Crippen LogP contribution in [0, 0.1) is 0 Å². The van der Waals surface area contributed by atoms with Crippen molar-refractivity contribution in [3.05, 3.63) is 58.7 Å². The Balaban J connectivity index is 1.75. The number of nitrogens with zero attached hydrogens (tertiary/aromatic N) is 1. The third-order valence-corrected chi connectivity index (χ3v) is 3.08. The molecule has 6 heteroatoms. The number of ether oxygens (including phenoxy) is 1. The molecule has 0 saturated heterocycles. The Labute approximate surface area is 128 Å². The van der Waals surface area contributed by atoms with Crippen molar-refractivity contribution in [1.82, 2.24) is 15.6 Å². The van der Waals surface area contributed by atoms with E-state index >= 15 is 0 Å². The first-order chi connectivity index (χ1) is 10.2. The number of aromatic nitrogens is 1. The molecule has 21 heavy (non-hydrogen) atoms. The van der Waals surface area contributed by atoms with Crippen LogP contribution in [0.4, 0.5) is 4.79 Å². The third kappa shape index (κ3) is 4.96. The van der Waals surface area contributed by atoms with E-state index in [1.807, 2.05) is 18.2 Å². The van der Waals surface area contributed by atoms with Crippen LogP contribution in [0.15, 0.2) is 42.6 Å². The predicted octanol–water partition coefficient (Wildman–Crippen LogP) is 2.74. The van der Waals surface area contributed by atoms with Crippen LogP contribution >= 0.6 is 11.6 Å². The van der Waals surface area contributed by atoms with Crippen molar-refractivity contribution in [3.8, 4) is 5.88 Å². The Bertz CT molecular complexity index is 585. The van der Waals surface area contributed by atoms with Crippen molar-refractivity contribution < 1.29 is 9.53 Å². The first-order valence-electron chi connectivity index (χ1n) is 6.42. The summed E-state index contributed by atoms with van der Waals surface area (Å²) in [5.41, 5.74) is 1.89. The molecule has 0 spiro atoms. The Kier molecular flexibility index (Phi) is 5.40. The number of urea groups is 1. The molecule has 2 N–H and O–H groups in total. The molecule has 0 aliphatic heterocycles. The fourth-order valence-corrected chi connectivity index (χ4v) is 1.79. The Morgan fingerprint density at radius 3 is 2.29 bits per heavy atom. The van der Waals surface area contributed by atoms with E-state index in [9.17, 15) is 4.79 Å². The average molecular weight is 306 g/mol. The smallest absolute Gasteiger partial charge is 0.315 e. The standard InChI is InChI=1S/C15H16ClN3O2/c1-21-14-7-4-12(9-17-14)10-19-15(20)18-8-11-2-5-13(16)6-3-11/h2-7,9H,8,10H2,1H3,(H2,18,19,20). The molecule has 110 valence electrons. The van der Waals surface area contributed by atoms with Gasteiger partial charge in [-0.25, -0.2) is 9.78 Å². The number of hydrogen-bond donors (Lipinski definition) is 2. The minimum atomic E-state index is -0.235. The summed E-state index contributed by atoms with van der Waals surface area (Å²) in [5.74, 6) is 0.547. The van der Waals surface area contributed by atoms with Gasteiger partial charge < -0.3 is 15.4 Å². The Morgan fingerprint density at radius 1 is 1.10 bits per heavy atom. The van der Waals surface area contributed by atoms with Crippen LogP contribution in [0.5, 0.6) is 5.88 Å². The van der Waals surface area contributed by atoms with Crippen molar-refractivity contribution in [3.63, 3.8) is 0 Å². The number of carbonyl (C=O) groups is 1. The Hall–Kier alpha value is -2.27. The number of benzene rings is 1. The minimum Gasteiger partial charge on any atom is -0.481 e. The lowest BCUT2D eigenvalue weighted by Crippen LogP contribution is -2.34. The molecular formula is C15H16ClN3O2. The molecular weight excluding hydrogens is 290 g/mol. The van der Waals surface area contributed by atoms with Gasteiger partial charge in [0, 0.05) is 30.4 Å². The molecule has 0 unspecified atom stereocenters. The number of halogens is 1. The monoisotopic (exact) mass is 305 g/mol. The first-order valence-corrected chi connectivity index (χ1v) is 6.80. The molecule has 2 rings (SSSR count). The fourth-order valence-electron chi connectivity index (χ4n) is 1.67. The van der Waals surface area contributed by atoms with Gasteiger partial charge in [-0.3, -0.25) is 0 Å². The van der Waals surface area contributed by atoms with Gasteiger partial charge in [0.05, 0.1) is 7.11 Å². The first kappa shape index (κ1) is 15.1. The predicted molar refractivity (Wildman–Crippen MR) is 81.3 cm³/mol. The van der Waals surface area contributed by atoms with E-state index in [1.165, 1.54) is 0 Å². The quantitative estimate of drug-likeness (QED) is 0.893. The van der Waals surface area contributed by atoms with Gasteiger partial charge in [0.1, 0.15) is 0 Å². The summed E-state index contributed by atoms with van der Waals surface area (Å²) >= 11 is 5.80. The summed E-state index contributed by atoms with van der Waals surface area (Å²) in [4.78, 5) is 15.8.